The summed E-state index contributed by atoms with van der Waals surface area (Å²) in [5.41, 5.74) is 1.36. The summed E-state index contributed by atoms with van der Waals surface area (Å²) in [6.45, 7) is 17.3. The Morgan fingerprint density at radius 1 is 1.16 bits per heavy atom. The van der Waals surface area contributed by atoms with E-state index in [1.54, 1.807) is 16.8 Å². The minimum atomic E-state index is -2.20. The molecule has 1 unspecified atom stereocenters. The van der Waals surface area contributed by atoms with Crippen molar-refractivity contribution in [2.24, 2.45) is 0 Å². The molecular formula is C26H41N6O4PSi. The van der Waals surface area contributed by atoms with E-state index in [1.807, 2.05) is 18.2 Å². The number of hydrogen-bond donors (Lipinski definition) is 1. The van der Waals surface area contributed by atoms with Gasteiger partial charge in [-0.3, -0.25) is 4.79 Å². The Labute approximate surface area is 227 Å². The minimum Gasteiger partial charge on any atom is -0.406 e. The van der Waals surface area contributed by atoms with Crippen LogP contribution in [0.5, 0.6) is 0 Å². The molecule has 208 valence electrons. The van der Waals surface area contributed by atoms with Gasteiger partial charge in [0, 0.05) is 13.7 Å². The van der Waals surface area contributed by atoms with E-state index < -0.39 is 28.8 Å². The quantitative estimate of drug-likeness (QED) is 0.270. The first-order chi connectivity index (χ1) is 17.4. The van der Waals surface area contributed by atoms with E-state index in [2.05, 4.69) is 79.7 Å². The number of aromatic nitrogens is 5. The number of carbonyl (C=O) groups is 1. The molecule has 10 nitrogen and oxygen atoms in total. The normalized spacial score (nSPS) is 22.0. The van der Waals surface area contributed by atoms with Crippen LogP contribution in [0.3, 0.4) is 0 Å². The minimum absolute atomic E-state index is 0. The predicted molar refractivity (Wildman–Crippen MR) is 154 cm³/mol. The molecule has 0 bridgehead atoms. The molecule has 0 radical (unpaired) electrons. The third-order valence-electron chi connectivity index (χ3n) is 7.03. The smallest absolute Gasteiger partial charge is 0.256 e. The lowest BCUT2D eigenvalue weighted by Gasteiger charge is -2.40. The highest BCUT2D eigenvalue weighted by Crippen LogP contribution is 2.46. The maximum Gasteiger partial charge on any atom is 0.256 e. The number of ether oxygens (including phenoxy) is 1. The number of rotatable bonds is 8. The van der Waals surface area contributed by atoms with Crippen molar-refractivity contribution in [2.75, 3.05) is 18.6 Å². The Morgan fingerprint density at radius 3 is 2.45 bits per heavy atom. The van der Waals surface area contributed by atoms with Gasteiger partial charge in [-0.25, -0.2) is 9.97 Å². The van der Waals surface area contributed by atoms with E-state index in [1.165, 1.54) is 6.33 Å². The molecule has 1 aliphatic heterocycles. The summed E-state index contributed by atoms with van der Waals surface area (Å²) < 4.78 is 21.6. The van der Waals surface area contributed by atoms with Gasteiger partial charge >= 0.3 is 0 Å². The number of nitrogens with zero attached hydrogens (tertiary/aromatic N) is 5. The molecule has 4 rings (SSSR count). The molecule has 0 aliphatic carbocycles. The van der Waals surface area contributed by atoms with Gasteiger partial charge in [-0.05, 0) is 50.0 Å². The zero-order chi connectivity index (χ0) is 27.0. The molecule has 1 N–H and O–H groups in total. The summed E-state index contributed by atoms with van der Waals surface area (Å²) in [4.78, 5) is 21.5. The largest absolute Gasteiger partial charge is 0.406 e. The zero-order valence-corrected chi connectivity index (χ0v) is 24.7. The molecule has 1 amide bonds. The van der Waals surface area contributed by atoms with Crippen molar-refractivity contribution in [1.29, 1.82) is 0 Å². The monoisotopic (exact) mass is 560 g/mol. The van der Waals surface area contributed by atoms with Gasteiger partial charge in [0.15, 0.2) is 31.5 Å². The lowest BCUT2D eigenvalue weighted by molar-refractivity contribution is -0.0402. The molecule has 1 fully saturated rings. The Bertz CT molecular complexity index is 1230. The summed E-state index contributed by atoms with van der Waals surface area (Å²) >= 11 is 0. The standard InChI is InChI=1S/C25H37N6O4PSi.CH4/c1-9-17-19(34-36(5)6)20(35-37(7,8)25(2,3)4)24(33-17)31-22-18(29-30-31)21(26-15-27-22)28-23(32)16-13-11-10-12-14-16;/h10-15,17,19-20,24H,9H2,1-8H3,(H,26,27,28,32);1H4/t17-,19?,20+,24-;/m1./s1. The number of fused-ring (bicyclic) bond motifs is 1. The molecule has 0 saturated carbocycles. The van der Waals surface area contributed by atoms with E-state index >= 15 is 0 Å². The highest BCUT2D eigenvalue weighted by molar-refractivity contribution is 7.50. The lowest BCUT2D eigenvalue weighted by atomic mass is 10.1. The Balaban J connectivity index is 0.00000400. The summed E-state index contributed by atoms with van der Waals surface area (Å²) in [7, 11) is -2.85. The first-order valence-corrected chi connectivity index (χ1v) is 17.6. The molecule has 1 aliphatic rings. The van der Waals surface area contributed by atoms with Gasteiger partial charge in [0.2, 0.25) is 0 Å². The molecule has 2 aromatic heterocycles. The summed E-state index contributed by atoms with van der Waals surface area (Å²) in [5, 5.41) is 11.6. The van der Waals surface area contributed by atoms with Crippen LogP contribution in [-0.4, -0.2) is 70.8 Å². The molecule has 38 heavy (non-hydrogen) atoms. The van der Waals surface area contributed by atoms with Crippen LogP contribution in [0.15, 0.2) is 36.7 Å². The van der Waals surface area contributed by atoms with E-state index in [0.717, 1.165) is 6.42 Å². The van der Waals surface area contributed by atoms with E-state index in [9.17, 15) is 4.79 Å². The highest BCUT2D eigenvalue weighted by atomic mass is 31.1. The van der Waals surface area contributed by atoms with Gasteiger partial charge in [0.1, 0.15) is 18.5 Å². The predicted octanol–water partition coefficient (Wildman–Crippen LogP) is 5.85. The van der Waals surface area contributed by atoms with Crippen molar-refractivity contribution in [1.82, 2.24) is 25.0 Å². The first-order valence-electron chi connectivity index (χ1n) is 12.5. The van der Waals surface area contributed by atoms with Crippen LogP contribution < -0.4 is 5.32 Å². The number of benzene rings is 1. The van der Waals surface area contributed by atoms with Gasteiger partial charge in [0.05, 0.1) is 6.10 Å². The van der Waals surface area contributed by atoms with Gasteiger partial charge in [-0.15, -0.1) is 5.10 Å². The SMILES string of the molecule is C.CC[C@H]1O[C@@H](n2nnc3c(NC(=O)c4ccccc4)ncnc32)[C@@H](O[Si](C)(C)C(C)(C)C)C1OP(C)C. The molecule has 3 aromatic rings. The lowest BCUT2D eigenvalue weighted by Crippen LogP contribution is -2.49. The molecule has 3 heterocycles. The number of anilines is 1. The van der Waals surface area contributed by atoms with Gasteiger partial charge in [-0.1, -0.05) is 58.5 Å². The maximum absolute atomic E-state index is 12.8. The maximum atomic E-state index is 12.8. The average molecular weight is 561 g/mol. The molecule has 4 atom stereocenters. The van der Waals surface area contributed by atoms with Crippen LogP contribution in [0.25, 0.3) is 11.2 Å². The van der Waals surface area contributed by atoms with Crippen LogP contribution in [-0.2, 0) is 13.7 Å². The Hall–Kier alpha value is -2.30. The number of hydrogen-bond acceptors (Lipinski definition) is 8. The second-order valence-electron chi connectivity index (χ2n) is 10.9. The number of nitrogens with one attached hydrogen (secondary N) is 1. The topological polar surface area (TPSA) is 113 Å². The molecular weight excluding hydrogens is 519 g/mol. The van der Waals surface area contributed by atoms with E-state index in [0.29, 0.717) is 16.7 Å². The Morgan fingerprint density at radius 2 is 1.84 bits per heavy atom. The molecule has 1 saturated heterocycles. The van der Waals surface area contributed by atoms with Crippen LogP contribution in [0.1, 0.15) is 58.1 Å². The fourth-order valence-corrected chi connectivity index (χ4v) is 6.07. The molecule has 12 heteroatoms. The fraction of sp³-hybridized carbons (Fsp3) is 0.577. The van der Waals surface area contributed by atoms with Crippen LogP contribution in [0, 0.1) is 0 Å². The van der Waals surface area contributed by atoms with Crippen molar-refractivity contribution in [3.63, 3.8) is 0 Å². The third kappa shape index (κ3) is 6.12. The van der Waals surface area contributed by atoms with E-state index in [-0.39, 0.29) is 36.4 Å². The molecule has 1 aromatic carbocycles. The average Bonchev–Trinajstić information content (AvgIpc) is 3.40. The second kappa shape index (κ2) is 11.8. The number of amides is 1. The first kappa shape index (κ1) is 30.2. The highest BCUT2D eigenvalue weighted by Gasteiger charge is 2.52. The van der Waals surface area contributed by atoms with Crippen molar-refractivity contribution >= 4 is 39.4 Å². The van der Waals surface area contributed by atoms with Crippen molar-refractivity contribution in [2.45, 2.75) is 84.2 Å². The fourth-order valence-electron chi connectivity index (χ4n) is 4.04. The summed E-state index contributed by atoms with van der Waals surface area (Å²) in [6.07, 6.45) is 0.771. The third-order valence-corrected chi connectivity index (χ3v) is 12.2. The zero-order valence-electron chi connectivity index (χ0n) is 22.8. The Kier molecular flexibility index (Phi) is 9.42. The van der Waals surface area contributed by atoms with Crippen LogP contribution >= 0.6 is 8.15 Å². The number of carbonyl (C=O) groups excluding carboxylic acids is 1. The van der Waals surface area contributed by atoms with E-state index in [4.69, 9.17) is 13.7 Å². The molecule has 0 spiro atoms. The summed E-state index contributed by atoms with van der Waals surface area (Å²) in [6, 6.07) is 8.95. The van der Waals surface area contributed by atoms with Crippen molar-refractivity contribution in [3.8, 4) is 0 Å². The summed E-state index contributed by atoms with van der Waals surface area (Å²) in [5.74, 6) is 0.000560. The van der Waals surface area contributed by atoms with Crippen molar-refractivity contribution in [3.05, 3.63) is 42.2 Å². The van der Waals surface area contributed by atoms with Crippen LogP contribution in [0.4, 0.5) is 5.82 Å². The van der Waals surface area contributed by atoms with Gasteiger partial charge in [0.25, 0.3) is 5.91 Å². The second-order valence-corrected chi connectivity index (χ2v) is 17.5. The van der Waals surface area contributed by atoms with Crippen LogP contribution in [0.2, 0.25) is 18.1 Å². The van der Waals surface area contributed by atoms with Crippen molar-refractivity contribution < 1.29 is 18.5 Å². The van der Waals surface area contributed by atoms with Gasteiger partial charge in [-0.2, -0.15) is 4.68 Å². The van der Waals surface area contributed by atoms with Gasteiger partial charge < -0.3 is 19.0 Å².